The van der Waals surface area contributed by atoms with Crippen molar-refractivity contribution in [1.82, 2.24) is 10.6 Å². The van der Waals surface area contributed by atoms with Gasteiger partial charge in [0.15, 0.2) is 0 Å². The minimum absolute atomic E-state index is 0.000824. The molecule has 0 bridgehead atoms. The molecular weight excluding hydrogens is 316 g/mol. The summed E-state index contributed by atoms with van der Waals surface area (Å²) in [5.74, 6) is 0.0377. The fraction of sp³-hybridized carbons (Fsp3) is 0.700. The lowest BCUT2D eigenvalue weighted by atomic mass is 9.75. The molecule has 3 aliphatic rings. The molecule has 3 rings (SSSR count). The maximum absolute atomic E-state index is 13.0. The van der Waals surface area contributed by atoms with E-state index in [4.69, 9.17) is 4.74 Å². The molecule has 5 heteroatoms. The number of amides is 2. The van der Waals surface area contributed by atoms with E-state index in [-0.39, 0.29) is 30.3 Å². The summed E-state index contributed by atoms with van der Waals surface area (Å²) in [5, 5.41) is 6.33. The zero-order chi connectivity index (χ0) is 17.5. The van der Waals surface area contributed by atoms with Gasteiger partial charge in [-0.3, -0.25) is 9.59 Å². The van der Waals surface area contributed by atoms with Gasteiger partial charge in [-0.25, -0.2) is 0 Å². The van der Waals surface area contributed by atoms with Gasteiger partial charge in [-0.1, -0.05) is 24.3 Å². The van der Waals surface area contributed by atoms with Crippen LogP contribution in [0.3, 0.4) is 0 Å². The molecule has 2 atom stereocenters. The van der Waals surface area contributed by atoms with Crippen LogP contribution in [0.25, 0.3) is 0 Å². The van der Waals surface area contributed by atoms with Gasteiger partial charge < -0.3 is 15.4 Å². The van der Waals surface area contributed by atoms with E-state index in [1.807, 2.05) is 0 Å². The van der Waals surface area contributed by atoms with Crippen LogP contribution in [0.2, 0.25) is 0 Å². The Labute approximate surface area is 150 Å². The summed E-state index contributed by atoms with van der Waals surface area (Å²) in [5.41, 5.74) is -0.617. The summed E-state index contributed by atoms with van der Waals surface area (Å²) in [6.45, 7) is 1.11. The molecule has 1 aliphatic heterocycles. The van der Waals surface area contributed by atoms with Gasteiger partial charge in [0.25, 0.3) is 0 Å². The van der Waals surface area contributed by atoms with Crippen LogP contribution in [0.4, 0.5) is 0 Å². The van der Waals surface area contributed by atoms with Gasteiger partial charge in [-0.05, 0) is 51.4 Å². The number of rotatable bonds is 5. The van der Waals surface area contributed by atoms with Crippen molar-refractivity contribution in [3.8, 4) is 0 Å². The topological polar surface area (TPSA) is 67.4 Å². The van der Waals surface area contributed by atoms with Crippen molar-refractivity contribution < 1.29 is 14.3 Å². The van der Waals surface area contributed by atoms with Crippen LogP contribution in [-0.2, 0) is 14.3 Å². The highest BCUT2D eigenvalue weighted by molar-refractivity contribution is 5.89. The van der Waals surface area contributed by atoms with Crippen LogP contribution in [0, 0.1) is 5.41 Å². The highest BCUT2D eigenvalue weighted by Gasteiger charge is 2.42. The third-order valence-corrected chi connectivity index (χ3v) is 5.67. The zero-order valence-corrected chi connectivity index (χ0v) is 15.0. The van der Waals surface area contributed by atoms with Gasteiger partial charge in [0.1, 0.15) is 0 Å². The van der Waals surface area contributed by atoms with Crippen LogP contribution >= 0.6 is 0 Å². The van der Waals surface area contributed by atoms with Crippen molar-refractivity contribution in [3.63, 3.8) is 0 Å². The molecule has 1 heterocycles. The Balaban J connectivity index is 1.60. The lowest BCUT2D eigenvalue weighted by Crippen LogP contribution is -2.51. The van der Waals surface area contributed by atoms with E-state index in [0.717, 1.165) is 38.5 Å². The number of ether oxygens (including phenoxy) is 1. The van der Waals surface area contributed by atoms with Crippen LogP contribution in [0.15, 0.2) is 24.3 Å². The van der Waals surface area contributed by atoms with Gasteiger partial charge in [-0.2, -0.15) is 0 Å². The van der Waals surface area contributed by atoms with Crippen LogP contribution in [0.5, 0.6) is 0 Å². The molecule has 2 N–H and O–H groups in total. The standard InChI is InChI=1S/C20H30N2O3/c23-18(21-16-7-3-1-4-8-16)15-20(11-13-25-14-12-20)19(24)22-17-9-5-2-6-10-17/h1-3,5,16-17H,4,6-15H2,(H,21,23)(H,22,24). The maximum Gasteiger partial charge on any atom is 0.227 e. The van der Waals surface area contributed by atoms with Gasteiger partial charge in [0, 0.05) is 31.7 Å². The van der Waals surface area contributed by atoms with E-state index < -0.39 is 5.41 Å². The lowest BCUT2D eigenvalue weighted by molar-refractivity contribution is -0.143. The second-order valence-corrected chi connectivity index (χ2v) is 7.57. The molecule has 1 saturated heterocycles. The average molecular weight is 346 g/mol. The maximum atomic E-state index is 13.0. The largest absolute Gasteiger partial charge is 0.381 e. The highest BCUT2D eigenvalue weighted by atomic mass is 16.5. The minimum atomic E-state index is -0.617. The zero-order valence-electron chi connectivity index (χ0n) is 15.0. The Hall–Kier alpha value is -1.62. The highest BCUT2D eigenvalue weighted by Crippen LogP contribution is 2.35. The SMILES string of the molecule is O=C(CC1(C(=O)NC2CC=CCC2)CCOCC1)NC1CC=CCC1. The molecule has 0 aromatic rings. The molecule has 0 radical (unpaired) electrons. The van der Waals surface area contributed by atoms with Crippen LogP contribution in [-0.4, -0.2) is 37.1 Å². The number of hydrogen-bond acceptors (Lipinski definition) is 3. The Morgan fingerprint density at radius 2 is 1.52 bits per heavy atom. The van der Waals surface area contributed by atoms with Crippen molar-refractivity contribution in [2.75, 3.05) is 13.2 Å². The fourth-order valence-corrected chi connectivity index (χ4v) is 4.02. The van der Waals surface area contributed by atoms with E-state index in [1.165, 1.54) is 0 Å². The number of allylic oxidation sites excluding steroid dienone is 2. The molecule has 2 unspecified atom stereocenters. The summed E-state index contributed by atoms with van der Waals surface area (Å²) in [6.07, 6.45) is 15.9. The normalized spacial score (nSPS) is 28.3. The summed E-state index contributed by atoms with van der Waals surface area (Å²) >= 11 is 0. The molecular formula is C20H30N2O3. The number of nitrogens with one attached hydrogen (secondary N) is 2. The first-order valence-corrected chi connectivity index (χ1v) is 9.66. The molecule has 0 saturated carbocycles. The van der Waals surface area contributed by atoms with E-state index >= 15 is 0 Å². The van der Waals surface area contributed by atoms with Gasteiger partial charge >= 0.3 is 0 Å². The smallest absolute Gasteiger partial charge is 0.227 e. The molecule has 2 aliphatic carbocycles. The Morgan fingerprint density at radius 1 is 0.920 bits per heavy atom. The second-order valence-electron chi connectivity index (χ2n) is 7.57. The fourth-order valence-electron chi connectivity index (χ4n) is 4.02. The first-order valence-electron chi connectivity index (χ1n) is 9.66. The van der Waals surface area contributed by atoms with Gasteiger partial charge in [0.05, 0.1) is 5.41 Å². The first-order chi connectivity index (χ1) is 12.2. The molecule has 0 aromatic carbocycles. The molecule has 0 spiro atoms. The average Bonchev–Trinajstić information content (AvgIpc) is 2.64. The van der Waals surface area contributed by atoms with Crippen molar-refractivity contribution in [3.05, 3.63) is 24.3 Å². The third-order valence-electron chi connectivity index (χ3n) is 5.67. The summed E-state index contributed by atoms with van der Waals surface area (Å²) in [7, 11) is 0. The van der Waals surface area contributed by atoms with Crippen molar-refractivity contribution >= 4 is 11.8 Å². The van der Waals surface area contributed by atoms with Crippen molar-refractivity contribution in [2.24, 2.45) is 5.41 Å². The minimum Gasteiger partial charge on any atom is -0.381 e. The monoisotopic (exact) mass is 346 g/mol. The van der Waals surface area contributed by atoms with Crippen molar-refractivity contribution in [1.29, 1.82) is 0 Å². The molecule has 0 aromatic heterocycles. The Morgan fingerprint density at radius 3 is 2.08 bits per heavy atom. The third kappa shape index (κ3) is 4.94. The number of hydrogen-bond donors (Lipinski definition) is 2. The van der Waals surface area contributed by atoms with E-state index in [2.05, 4.69) is 34.9 Å². The van der Waals surface area contributed by atoms with E-state index in [0.29, 0.717) is 26.1 Å². The Bertz CT molecular complexity index is 535. The molecule has 138 valence electrons. The van der Waals surface area contributed by atoms with Crippen LogP contribution in [0.1, 0.15) is 57.8 Å². The van der Waals surface area contributed by atoms with Crippen LogP contribution < -0.4 is 10.6 Å². The van der Waals surface area contributed by atoms with E-state index in [1.54, 1.807) is 0 Å². The molecule has 25 heavy (non-hydrogen) atoms. The lowest BCUT2D eigenvalue weighted by Gasteiger charge is -2.37. The molecule has 2 amide bonds. The second kappa shape index (κ2) is 8.65. The number of carbonyl (C=O) groups is 2. The number of carbonyl (C=O) groups excluding carboxylic acids is 2. The van der Waals surface area contributed by atoms with Gasteiger partial charge in [-0.15, -0.1) is 0 Å². The first kappa shape index (κ1) is 18.2. The van der Waals surface area contributed by atoms with Crippen molar-refractivity contribution in [2.45, 2.75) is 69.9 Å². The summed E-state index contributed by atoms with van der Waals surface area (Å²) < 4.78 is 5.46. The van der Waals surface area contributed by atoms with Gasteiger partial charge in [0.2, 0.25) is 11.8 Å². The molecule has 5 nitrogen and oxygen atoms in total. The Kier molecular flexibility index (Phi) is 6.29. The quantitative estimate of drug-likeness (QED) is 0.752. The predicted molar refractivity (Wildman–Crippen MR) is 96.9 cm³/mol. The predicted octanol–water partition coefficient (Wildman–Crippen LogP) is 2.62. The summed E-state index contributed by atoms with van der Waals surface area (Å²) in [4.78, 5) is 25.6. The molecule has 1 fully saturated rings. The van der Waals surface area contributed by atoms with E-state index in [9.17, 15) is 9.59 Å². The summed E-state index contributed by atoms with van der Waals surface area (Å²) in [6, 6.07) is 0.407.